The average Bonchev–Trinajstić information content (AvgIpc) is 3.23. The molecular formula is C17H12N4O3. The average molecular weight is 320 g/mol. The van der Waals surface area contributed by atoms with Crippen molar-refractivity contribution in [3.05, 3.63) is 71.2 Å². The van der Waals surface area contributed by atoms with Crippen LogP contribution >= 0.6 is 0 Å². The van der Waals surface area contributed by atoms with Gasteiger partial charge in [-0.2, -0.15) is 0 Å². The Kier molecular flexibility index (Phi) is 3.24. The molecule has 4 aromatic rings. The van der Waals surface area contributed by atoms with E-state index in [-0.39, 0.29) is 11.6 Å². The predicted octanol–water partition coefficient (Wildman–Crippen LogP) is 2.76. The molecule has 0 atom stereocenters. The van der Waals surface area contributed by atoms with Crippen molar-refractivity contribution in [2.24, 2.45) is 0 Å². The fraction of sp³-hybridized carbons (Fsp3) is 0. The Morgan fingerprint density at radius 3 is 2.71 bits per heavy atom. The topological polar surface area (TPSA) is 104 Å². The third-order valence-electron chi connectivity index (χ3n) is 3.62. The second kappa shape index (κ2) is 5.54. The molecule has 4 rings (SSSR count). The summed E-state index contributed by atoms with van der Waals surface area (Å²) in [7, 11) is 0. The van der Waals surface area contributed by atoms with E-state index in [1.54, 1.807) is 48.9 Å². The third kappa shape index (κ3) is 2.58. The van der Waals surface area contributed by atoms with Crippen molar-refractivity contribution in [2.75, 3.05) is 5.32 Å². The fourth-order valence-corrected chi connectivity index (χ4v) is 2.42. The van der Waals surface area contributed by atoms with Crippen molar-refractivity contribution in [1.29, 1.82) is 0 Å². The first-order valence-corrected chi connectivity index (χ1v) is 7.21. The van der Waals surface area contributed by atoms with Gasteiger partial charge in [0.15, 0.2) is 0 Å². The molecule has 24 heavy (non-hydrogen) atoms. The molecule has 0 unspecified atom stereocenters. The number of rotatable bonds is 3. The van der Waals surface area contributed by atoms with Crippen LogP contribution in [0.3, 0.4) is 0 Å². The summed E-state index contributed by atoms with van der Waals surface area (Å²) in [5.41, 5.74) is 3.63. The van der Waals surface area contributed by atoms with Crippen LogP contribution < -0.4 is 11.0 Å². The summed E-state index contributed by atoms with van der Waals surface area (Å²) in [5.74, 6) is -0.279. The van der Waals surface area contributed by atoms with Gasteiger partial charge in [-0.1, -0.05) is 0 Å². The first-order chi connectivity index (χ1) is 11.7. The highest BCUT2D eigenvalue weighted by Crippen LogP contribution is 2.18. The van der Waals surface area contributed by atoms with Crippen molar-refractivity contribution in [1.82, 2.24) is 15.0 Å². The summed E-state index contributed by atoms with van der Waals surface area (Å²) >= 11 is 0. The number of fused-ring (bicyclic) bond motifs is 1. The zero-order valence-electron chi connectivity index (χ0n) is 12.4. The van der Waals surface area contributed by atoms with E-state index in [0.717, 1.165) is 11.3 Å². The van der Waals surface area contributed by atoms with Gasteiger partial charge in [0.05, 0.1) is 34.8 Å². The summed E-state index contributed by atoms with van der Waals surface area (Å²) in [5, 5.41) is 2.78. The van der Waals surface area contributed by atoms with Crippen molar-refractivity contribution < 1.29 is 9.21 Å². The van der Waals surface area contributed by atoms with Gasteiger partial charge in [0.1, 0.15) is 0 Å². The van der Waals surface area contributed by atoms with E-state index in [4.69, 9.17) is 4.42 Å². The van der Waals surface area contributed by atoms with E-state index < -0.39 is 0 Å². The van der Waals surface area contributed by atoms with Gasteiger partial charge in [-0.15, -0.1) is 0 Å². The molecule has 1 amide bonds. The first-order valence-electron chi connectivity index (χ1n) is 7.21. The van der Waals surface area contributed by atoms with Crippen LogP contribution in [0, 0.1) is 0 Å². The standard InChI is InChI=1S/C17H12N4O3/c22-16(10-1-3-13(18-8-10)11-5-6-24-9-11)19-12-2-4-14-15(7-12)21-17(23)20-14/h1-9H,(H,19,22)(H2,20,21,23). The second-order valence-corrected chi connectivity index (χ2v) is 5.24. The van der Waals surface area contributed by atoms with Gasteiger partial charge in [0, 0.05) is 17.4 Å². The Morgan fingerprint density at radius 2 is 1.96 bits per heavy atom. The SMILES string of the molecule is O=C(Nc1ccc2[nH]c(=O)[nH]c2c1)c1ccc(-c2ccoc2)nc1. The highest BCUT2D eigenvalue weighted by Gasteiger charge is 2.09. The lowest BCUT2D eigenvalue weighted by molar-refractivity contribution is 0.102. The smallest absolute Gasteiger partial charge is 0.323 e. The molecule has 0 fully saturated rings. The van der Waals surface area contributed by atoms with Crippen LogP contribution in [0.15, 0.2) is 64.3 Å². The van der Waals surface area contributed by atoms with Crippen LogP contribution in [0.5, 0.6) is 0 Å². The van der Waals surface area contributed by atoms with Crippen LogP contribution in [0.25, 0.3) is 22.3 Å². The Balaban J connectivity index is 1.55. The number of pyridine rings is 1. The molecule has 1 aromatic carbocycles. The van der Waals surface area contributed by atoms with Crippen LogP contribution in [-0.2, 0) is 0 Å². The molecular weight excluding hydrogens is 308 g/mol. The molecule has 0 aliphatic heterocycles. The molecule has 0 aliphatic carbocycles. The predicted molar refractivity (Wildman–Crippen MR) is 88.8 cm³/mol. The largest absolute Gasteiger partial charge is 0.472 e. The minimum atomic E-state index is -0.285. The molecule has 7 nitrogen and oxygen atoms in total. The van der Waals surface area contributed by atoms with E-state index in [1.165, 1.54) is 6.20 Å². The minimum Gasteiger partial charge on any atom is -0.472 e. The van der Waals surface area contributed by atoms with E-state index >= 15 is 0 Å². The summed E-state index contributed by atoms with van der Waals surface area (Å²) < 4.78 is 5.02. The van der Waals surface area contributed by atoms with Crippen LogP contribution in [-0.4, -0.2) is 20.9 Å². The molecule has 0 bridgehead atoms. The van der Waals surface area contributed by atoms with Crippen LogP contribution in [0.4, 0.5) is 5.69 Å². The summed E-state index contributed by atoms with van der Waals surface area (Å²) in [6.07, 6.45) is 4.67. The molecule has 3 aromatic heterocycles. The lowest BCUT2D eigenvalue weighted by atomic mass is 10.2. The quantitative estimate of drug-likeness (QED) is 0.540. The number of furan rings is 1. The number of anilines is 1. The maximum absolute atomic E-state index is 12.3. The molecule has 7 heteroatoms. The van der Waals surface area contributed by atoms with Crippen LogP contribution in [0.2, 0.25) is 0 Å². The minimum absolute atomic E-state index is 0.279. The first kappa shape index (κ1) is 14.0. The third-order valence-corrected chi connectivity index (χ3v) is 3.62. The number of H-pyrrole nitrogens is 2. The van der Waals surface area contributed by atoms with Gasteiger partial charge < -0.3 is 19.7 Å². The number of carbonyl (C=O) groups is 1. The maximum Gasteiger partial charge on any atom is 0.323 e. The molecule has 3 N–H and O–H groups in total. The van der Waals surface area contributed by atoms with Gasteiger partial charge in [-0.25, -0.2) is 4.79 Å². The zero-order chi connectivity index (χ0) is 16.5. The summed E-state index contributed by atoms with van der Waals surface area (Å²) in [6.45, 7) is 0. The number of benzene rings is 1. The normalized spacial score (nSPS) is 10.8. The Labute approximate surface area is 135 Å². The van der Waals surface area contributed by atoms with Gasteiger partial charge in [-0.3, -0.25) is 9.78 Å². The molecule has 118 valence electrons. The molecule has 0 saturated carbocycles. The van der Waals surface area contributed by atoms with Crippen LogP contribution in [0.1, 0.15) is 10.4 Å². The van der Waals surface area contributed by atoms with E-state index in [9.17, 15) is 9.59 Å². The lowest BCUT2D eigenvalue weighted by Crippen LogP contribution is -2.12. The van der Waals surface area contributed by atoms with Crippen molar-refractivity contribution in [3.63, 3.8) is 0 Å². The van der Waals surface area contributed by atoms with Gasteiger partial charge in [0.2, 0.25) is 0 Å². The van der Waals surface area contributed by atoms with E-state index in [1.807, 2.05) is 0 Å². The Hall–Kier alpha value is -3.61. The number of hydrogen-bond acceptors (Lipinski definition) is 4. The number of amides is 1. The fourth-order valence-electron chi connectivity index (χ4n) is 2.42. The molecule has 0 saturated heterocycles. The molecule has 0 aliphatic rings. The highest BCUT2D eigenvalue weighted by molar-refractivity contribution is 6.04. The number of carbonyl (C=O) groups excluding carboxylic acids is 1. The van der Waals surface area contributed by atoms with Gasteiger partial charge in [-0.05, 0) is 36.4 Å². The van der Waals surface area contributed by atoms with E-state index in [2.05, 4.69) is 20.3 Å². The van der Waals surface area contributed by atoms with Crippen molar-refractivity contribution >= 4 is 22.6 Å². The molecule has 0 spiro atoms. The Morgan fingerprint density at radius 1 is 1.08 bits per heavy atom. The number of hydrogen-bond donors (Lipinski definition) is 3. The maximum atomic E-state index is 12.3. The van der Waals surface area contributed by atoms with E-state index in [0.29, 0.717) is 22.3 Å². The van der Waals surface area contributed by atoms with Gasteiger partial charge in [0.25, 0.3) is 5.91 Å². The van der Waals surface area contributed by atoms with Crippen molar-refractivity contribution in [3.8, 4) is 11.3 Å². The zero-order valence-corrected chi connectivity index (χ0v) is 12.4. The van der Waals surface area contributed by atoms with Crippen molar-refractivity contribution in [2.45, 2.75) is 0 Å². The summed E-state index contributed by atoms with van der Waals surface area (Å²) in [6, 6.07) is 10.4. The lowest BCUT2D eigenvalue weighted by Gasteiger charge is -2.05. The number of nitrogens with zero attached hydrogens (tertiary/aromatic N) is 1. The highest BCUT2D eigenvalue weighted by atomic mass is 16.3. The number of aromatic nitrogens is 3. The van der Waals surface area contributed by atoms with Gasteiger partial charge >= 0.3 is 5.69 Å². The molecule has 3 heterocycles. The number of aromatic amines is 2. The number of nitrogens with one attached hydrogen (secondary N) is 3. The molecule has 0 radical (unpaired) electrons. The second-order valence-electron chi connectivity index (χ2n) is 5.24. The Bertz CT molecular complexity index is 1060. The summed E-state index contributed by atoms with van der Waals surface area (Å²) in [4.78, 5) is 33.1. The number of imidazole rings is 1. The monoisotopic (exact) mass is 320 g/mol.